The molecule has 0 bridgehead atoms. The fraction of sp³-hybridized carbons (Fsp3) is 0.500. The summed E-state index contributed by atoms with van der Waals surface area (Å²) in [5.74, 6) is 0.00424. The normalized spacial score (nSPS) is 16.1. The highest BCUT2D eigenvalue weighted by Gasteiger charge is 2.26. The van der Waals surface area contributed by atoms with E-state index < -0.39 is 0 Å². The van der Waals surface area contributed by atoms with Crippen LogP contribution in [0.5, 0.6) is 0 Å². The van der Waals surface area contributed by atoms with Gasteiger partial charge in [0.1, 0.15) is 0 Å². The fourth-order valence-corrected chi connectivity index (χ4v) is 2.10. The second-order valence-electron chi connectivity index (χ2n) is 5.45. The van der Waals surface area contributed by atoms with E-state index in [1.165, 1.54) is 0 Å². The van der Waals surface area contributed by atoms with E-state index >= 15 is 0 Å². The summed E-state index contributed by atoms with van der Waals surface area (Å²) in [6.45, 7) is 3.99. The highest BCUT2D eigenvalue weighted by molar-refractivity contribution is 6.04. The van der Waals surface area contributed by atoms with E-state index in [1.54, 1.807) is 12.1 Å². The molecule has 0 spiro atoms. The molecule has 1 aromatic carbocycles. The number of hydrogen-bond acceptors (Lipinski definition) is 2. The Morgan fingerprint density at radius 3 is 2.60 bits per heavy atom. The predicted octanol–water partition coefficient (Wildman–Crippen LogP) is 2.95. The lowest BCUT2D eigenvalue weighted by Gasteiger charge is -2.24. The summed E-state index contributed by atoms with van der Waals surface area (Å²) in [4.78, 5) is 24.2. The van der Waals surface area contributed by atoms with Gasteiger partial charge >= 0.3 is 0 Å². The van der Waals surface area contributed by atoms with Crippen LogP contribution in [0.4, 0.5) is 5.69 Å². The Balaban J connectivity index is 2.08. The first-order valence-corrected chi connectivity index (χ1v) is 7.32. The van der Waals surface area contributed by atoms with Gasteiger partial charge < -0.3 is 10.6 Å². The maximum absolute atomic E-state index is 12.2. The van der Waals surface area contributed by atoms with Crippen LogP contribution >= 0.6 is 0 Å². The van der Waals surface area contributed by atoms with E-state index in [1.807, 2.05) is 26.0 Å². The van der Waals surface area contributed by atoms with Crippen LogP contribution in [-0.2, 0) is 4.79 Å². The molecule has 1 aliphatic carbocycles. The number of rotatable bonds is 5. The Hall–Kier alpha value is -1.84. The number of nitrogens with one attached hydrogen (secondary N) is 2. The minimum atomic E-state index is -0.135. The van der Waals surface area contributed by atoms with Gasteiger partial charge in [-0.3, -0.25) is 9.59 Å². The van der Waals surface area contributed by atoms with Gasteiger partial charge in [-0.15, -0.1) is 0 Å². The van der Waals surface area contributed by atoms with Gasteiger partial charge in [-0.25, -0.2) is 0 Å². The molecule has 20 heavy (non-hydrogen) atoms. The van der Waals surface area contributed by atoms with Crippen LogP contribution < -0.4 is 10.6 Å². The van der Waals surface area contributed by atoms with Gasteiger partial charge in [0.05, 0.1) is 11.3 Å². The maximum atomic E-state index is 12.2. The number of carbonyl (C=O) groups is 2. The molecule has 2 N–H and O–H groups in total. The van der Waals surface area contributed by atoms with E-state index in [2.05, 4.69) is 10.6 Å². The fourth-order valence-electron chi connectivity index (χ4n) is 2.10. The zero-order chi connectivity index (χ0) is 14.5. The summed E-state index contributed by atoms with van der Waals surface area (Å²) in [6, 6.07) is 7.29. The van der Waals surface area contributed by atoms with Crippen molar-refractivity contribution < 1.29 is 9.59 Å². The molecule has 0 unspecified atom stereocenters. The zero-order valence-electron chi connectivity index (χ0n) is 12.1. The topological polar surface area (TPSA) is 58.2 Å². The van der Waals surface area contributed by atoms with Gasteiger partial charge in [-0.1, -0.05) is 25.5 Å². The van der Waals surface area contributed by atoms with Crippen LogP contribution in [0.2, 0.25) is 0 Å². The third kappa shape index (κ3) is 3.38. The summed E-state index contributed by atoms with van der Waals surface area (Å²) >= 11 is 0. The lowest BCUT2D eigenvalue weighted by Crippen LogP contribution is -2.33. The van der Waals surface area contributed by atoms with Gasteiger partial charge in [0.2, 0.25) is 5.91 Å². The van der Waals surface area contributed by atoms with Crippen molar-refractivity contribution >= 4 is 17.5 Å². The summed E-state index contributed by atoms with van der Waals surface area (Å²) < 4.78 is 0. The number of para-hydroxylation sites is 1. The molecule has 1 aliphatic rings. The number of hydrogen-bond donors (Lipinski definition) is 2. The second-order valence-corrected chi connectivity index (χ2v) is 5.45. The molecule has 4 heteroatoms. The molecule has 1 fully saturated rings. The Morgan fingerprint density at radius 1 is 1.30 bits per heavy atom. The van der Waals surface area contributed by atoms with E-state index in [0.29, 0.717) is 11.3 Å². The first-order chi connectivity index (χ1) is 9.61. The van der Waals surface area contributed by atoms with Crippen molar-refractivity contribution in [3.63, 3.8) is 0 Å². The summed E-state index contributed by atoms with van der Waals surface area (Å²) in [6.07, 6.45) is 3.90. The van der Waals surface area contributed by atoms with Crippen LogP contribution in [0.3, 0.4) is 0 Å². The van der Waals surface area contributed by atoms with Crippen molar-refractivity contribution in [1.29, 1.82) is 0 Å². The Labute approximate surface area is 119 Å². The molecule has 0 radical (unpaired) electrons. The van der Waals surface area contributed by atoms with Gasteiger partial charge in [0.25, 0.3) is 5.91 Å². The Kier molecular flexibility index (Phi) is 4.77. The first kappa shape index (κ1) is 14.6. The van der Waals surface area contributed by atoms with Crippen molar-refractivity contribution in [2.75, 3.05) is 5.32 Å². The zero-order valence-corrected chi connectivity index (χ0v) is 12.1. The number of amides is 2. The molecule has 1 atom stereocenters. The molecule has 0 heterocycles. The summed E-state index contributed by atoms with van der Waals surface area (Å²) in [5.41, 5.74) is 1.13. The monoisotopic (exact) mass is 274 g/mol. The van der Waals surface area contributed by atoms with Gasteiger partial charge in [-0.05, 0) is 38.3 Å². The molecule has 2 rings (SSSR count). The largest absolute Gasteiger partial charge is 0.350 e. The van der Waals surface area contributed by atoms with E-state index in [9.17, 15) is 9.59 Å². The molecule has 0 saturated heterocycles. The smallest absolute Gasteiger partial charge is 0.253 e. The van der Waals surface area contributed by atoms with Crippen LogP contribution in [0, 0.1) is 5.92 Å². The van der Waals surface area contributed by atoms with E-state index in [-0.39, 0.29) is 23.8 Å². The molecule has 108 valence electrons. The molecular weight excluding hydrogens is 252 g/mol. The minimum absolute atomic E-state index is 0.0278. The average molecular weight is 274 g/mol. The van der Waals surface area contributed by atoms with Crippen molar-refractivity contribution in [3.05, 3.63) is 29.8 Å². The van der Waals surface area contributed by atoms with E-state index in [4.69, 9.17) is 0 Å². The highest BCUT2D eigenvalue weighted by atomic mass is 16.2. The minimum Gasteiger partial charge on any atom is -0.350 e. The second kappa shape index (κ2) is 6.55. The summed E-state index contributed by atoms with van der Waals surface area (Å²) in [5, 5.41) is 5.81. The van der Waals surface area contributed by atoms with Crippen molar-refractivity contribution in [2.24, 2.45) is 5.92 Å². The van der Waals surface area contributed by atoms with Gasteiger partial charge in [0, 0.05) is 12.0 Å². The van der Waals surface area contributed by atoms with Crippen LogP contribution in [0.1, 0.15) is 49.9 Å². The van der Waals surface area contributed by atoms with Crippen LogP contribution in [-0.4, -0.2) is 17.9 Å². The SMILES string of the molecule is CC[C@@H](C)NC(=O)c1ccccc1NC(=O)C1CCC1. The quantitative estimate of drug-likeness (QED) is 0.867. The Bertz CT molecular complexity index is 495. The third-order valence-corrected chi connectivity index (χ3v) is 3.90. The van der Waals surface area contributed by atoms with Gasteiger partial charge in [-0.2, -0.15) is 0 Å². The lowest BCUT2D eigenvalue weighted by molar-refractivity contribution is -0.122. The highest BCUT2D eigenvalue weighted by Crippen LogP contribution is 2.28. The molecule has 0 aromatic heterocycles. The number of anilines is 1. The molecule has 1 saturated carbocycles. The van der Waals surface area contributed by atoms with Crippen molar-refractivity contribution in [3.8, 4) is 0 Å². The Morgan fingerprint density at radius 2 is 2.00 bits per heavy atom. The first-order valence-electron chi connectivity index (χ1n) is 7.32. The van der Waals surface area contributed by atoms with Gasteiger partial charge in [0.15, 0.2) is 0 Å². The van der Waals surface area contributed by atoms with E-state index in [0.717, 1.165) is 25.7 Å². The van der Waals surface area contributed by atoms with Crippen LogP contribution in [0.25, 0.3) is 0 Å². The molecular formula is C16H22N2O2. The molecule has 2 amide bonds. The lowest BCUT2D eigenvalue weighted by atomic mass is 9.85. The predicted molar refractivity (Wildman–Crippen MR) is 79.6 cm³/mol. The third-order valence-electron chi connectivity index (χ3n) is 3.90. The summed E-state index contributed by atoms with van der Waals surface area (Å²) in [7, 11) is 0. The number of benzene rings is 1. The molecule has 1 aromatic rings. The van der Waals surface area contributed by atoms with Crippen molar-refractivity contribution in [2.45, 2.75) is 45.6 Å². The molecule has 4 nitrogen and oxygen atoms in total. The molecule has 0 aliphatic heterocycles. The maximum Gasteiger partial charge on any atom is 0.253 e. The number of carbonyl (C=O) groups excluding carboxylic acids is 2. The van der Waals surface area contributed by atoms with Crippen molar-refractivity contribution in [1.82, 2.24) is 5.32 Å². The standard InChI is InChI=1S/C16H22N2O2/c1-3-11(2)17-16(20)13-9-4-5-10-14(13)18-15(19)12-7-6-8-12/h4-5,9-12H,3,6-8H2,1-2H3,(H,17,20)(H,18,19)/t11-/m1/s1. The average Bonchev–Trinajstić information content (AvgIpc) is 2.36. The van der Waals surface area contributed by atoms with Crippen LogP contribution in [0.15, 0.2) is 24.3 Å².